The fourth-order valence-electron chi connectivity index (χ4n) is 2.99. The molecular formula is C19H16ClFN4O2. The molecule has 8 heteroatoms. The van der Waals surface area contributed by atoms with E-state index in [1.54, 1.807) is 12.1 Å². The lowest BCUT2D eigenvalue weighted by Crippen LogP contribution is -2.36. The third kappa shape index (κ3) is 3.70. The normalized spacial score (nSPS) is 14.4. The number of rotatable bonds is 3. The summed E-state index contributed by atoms with van der Waals surface area (Å²) < 4.78 is 18.7. The minimum Gasteiger partial charge on any atom is -0.378 e. The first-order chi connectivity index (χ1) is 13.1. The molecule has 0 saturated carbocycles. The molecule has 0 radical (unpaired) electrons. The molecule has 1 aliphatic rings. The van der Waals surface area contributed by atoms with Gasteiger partial charge in [0.15, 0.2) is 0 Å². The van der Waals surface area contributed by atoms with Crippen LogP contribution in [0.2, 0.25) is 5.02 Å². The highest BCUT2D eigenvalue weighted by Crippen LogP contribution is 2.26. The SMILES string of the molecule is O=C(Nc1ccc2c(N3CCOCC3)ncnc2c1)c1ccc(F)c(Cl)c1. The highest BCUT2D eigenvalue weighted by atomic mass is 35.5. The van der Waals surface area contributed by atoms with Crippen LogP contribution in [0.3, 0.4) is 0 Å². The molecule has 1 fully saturated rings. The number of morpholine rings is 1. The number of halogens is 2. The van der Waals surface area contributed by atoms with Crippen molar-refractivity contribution in [3.8, 4) is 0 Å². The fourth-order valence-corrected chi connectivity index (χ4v) is 3.17. The average Bonchev–Trinajstić information content (AvgIpc) is 2.70. The van der Waals surface area contributed by atoms with E-state index in [2.05, 4.69) is 20.2 Å². The van der Waals surface area contributed by atoms with Gasteiger partial charge in [0.05, 0.1) is 23.8 Å². The lowest BCUT2D eigenvalue weighted by atomic mass is 10.1. The number of hydrogen-bond donors (Lipinski definition) is 1. The standard InChI is InChI=1S/C19H16ClFN4O2/c20-15-9-12(1-4-16(15)21)19(26)24-13-2-3-14-17(10-13)22-11-23-18(14)25-5-7-27-8-6-25/h1-4,9-11H,5-8H2,(H,24,26). The summed E-state index contributed by atoms with van der Waals surface area (Å²) in [7, 11) is 0. The van der Waals surface area contributed by atoms with Gasteiger partial charge < -0.3 is 15.0 Å². The molecule has 0 atom stereocenters. The van der Waals surface area contributed by atoms with Crippen molar-refractivity contribution < 1.29 is 13.9 Å². The quantitative estimate of drug-likeness (QED) is 0.746. The largest absolute Gasteiger partial charge is 0.378 e. The summed E-state index contributed by atoms with van der Waals surface area (Å²) in [6.45, 7) is 2.88. The molecule has 0 aliphatic carbocycles. The Labute approximate surface area is 159 Å². The Morgan fingerprint density at radius 1 is 1.15 bits per heavy atom. The fraction of sp³-hybridized carbons (Fsp3) is 0.211. The second-order valence-electron chi connectivity index (χ2n) is 6.11. The van der Waals surface area contributed by atoms with Gasteiger partial charge in [0, 0.05) is 29.7 Å². The molecule has 0 unspecified atom stereocenters. The van der Waals surface area contributed by atoms with Gasteiger partial charge in [-0.15, -0.1) is 0 Å². The van der Waals surface area contributed by atoms with Gasteiger partial charge in [-0.2, -0.15) is 0 Å². The van der Waals surface area contributed by atoms with Crippen LogP contribution in [0.25, 0.3) is 10.9 Å². The van der Waals surface area contributed by atoms with Gasteiger partial charge in [0.25, 0.3) is 5.91 Å². The summed E-state index contributed by atoms with van der Waals surface area (Å²) in [6, 6.07) is 9.30. The predicted molar refractivity (Wildman–Crippen MR) is 102 cm³/mol. The lowest BCUT2D eigenvalue weighted by Gasteiger charge is -2.28. The molecule has 1 saturated heterocycles. The Kier molecular flexibility index (Phi) is 4.87. The number of fused-ring (bicyclic) bond motifs is 1. The molecule has 6 nitrogen and oxygen atoms in total. The van der Waals surface area contributed by atoms with Crippen LogP contribution < -0.4 is 10.2 Å². The number of nitrogens with one attached hydrogen (secondary N) is 1. The Hall–Kier alpha value is -2.77. The van der Waals surface area contributed by atoms with Gasteiger partial charge in [0.1, 0.15) is 18.0 Å². The Morgan fingerprint density at radius 2 is 1.96 bits per heavy atom. The van der Waals surface area contributed by atoms with E-state index >= 15 is 0 Å². The van der Waals surface area contributed by atoms with Crippen LogP contribution in [0.1, 0.15) is 10.4 Å². The monoisotopic (exact) mass is 386 g/mol. The van der Waals surface area contributed by atoms with Crippen molar-refractivity contribution in [3.63, 3.8) is 0 Å². The highest BCUT2D eigenvalue weighted by molar-refractivity contribution is 6.31. The molecule has 2 aromatic carbocycles. The van der Waals surface area contributed by atoms with E-state index in [1.807, 2.05) is 6.07 Å². The highest BCUT2D eigenvalue weighted by Gasteiger charge is 2.16. The van der Waals surface area contributed by atoms with E-state index in [4.69, 9.17) is 16.3 Å². The van der Waals surface area contributed by atoms with Crippen LogP contribution in [0, 0.1) is 5.82 Å². The van der Waals surface area contributed by atoms with E-state index in [0.29, 0.717) is 18.9 Å². The van der Waals surface area contributed by atoms with E-state index in [9.17, 15) is 9.18 Å². The first-order valence-corrected chi connectivity index (χ1v) is 8.83. The molecule has 1 N–H and O–H groups in total. The number of anilines is 2. The molecule has 138 valence electrons. The van der Waals surface area contributed by atoms with Crippen LogP contribution in [-0.2, 0) is 4.74 Å². The smallest absolute Gasteiger partial charge is 0.255 e. The Balaban J connectivity index is 1.60. The van der Waals surface area contributed by atoms with E-state index < -0.39 is 5.82 Å². The van der Waals surface area contributed by atoms with Crippen LogP contribution in [0.5, 0.6) is 0 Å². The third-order valence-corrected chi connectivity index (χ3v) is 4.66. The Bertz CT molecular complexity index is 1010. The summed E-state index contributed by atoms with van der Waals surface area (Å²) in [5.41, 5.74) is 1.58. The van der Waals surface area contributed by atoms with Crippen LogP contribution in [0.15, 0.2) is 42.7 Å². The maximum Gasteiger partial charge on any atom is 0.255 e. The van der Waals surface area contributed by atoms with Crippen molar-refractivity contribution in [1.82, 2.24) is 9.97 Å². The number of carbonyl (C=O) groups excluding carboxylic acids is 1. The molecule has 1 amide bonds. The van der Waals surface area contributed by atoms with Crippen LogP contribution in [0.4, 0.5) is 15.9 Å². The summed E-state index contributed by atoms with van der Waals surface area (Å²) in [4.78, 5) is 23.3. The van der Waals surface area contributed by atoms with E-state index in [0.717, 1.165) is 29.8 Å². The molecule has 27 heavy (non-hydrogen) atoms. The first kappa shape index (κ1) is 17.6. The van der Waals surface area contributed by atoms with Crippen molar-refractivity contribution in [1.29, 1.82) is 0 Å². The van der Waals surface area contributed by atoms with Gasteiger partial charge in [-0.25, -0.2) is 14.4 Å². The van der Waals surface area contributed by atoms with Gasteiger partial charge in [-0.3, -0.25) is 4.79 Å². The Morgan fingerprint density at radius 3 is 2.74 bits per heavy atom. The maximum atomic E-state index is 13.3. The summed E-state index contributed by atoms with van der Waals surface area (Å²) in [5, 5.41) is 3.59. The molecule has 4 rings (SSSR count). The summed E-state index contributed by atoms with van der Waals surface area (Å²) >= 11 is 5.74. The molecule has 3 aromatic rings. The number of ether oxygens (including phenoxy) is 1. The minimum absolute atomic E-state index is 0.0935. The number of aromatic nitrogens is 2. The van der Waals surface area contributed by atoms with Crippen LogP contribution in [-0.4, -0.2) is 42.2 Å². The second kappa shape index (κ2) is 7.46. The molecule has 1 aromatic heterocycles. The number of hydrogen-bond acceptors (Lipinski definition) is 5. The van der Waals surface area contributed by atoms with Crippen molar-refractivity contribution >= 4 is 39.9 Å². The van der Waals surface area contributed by atoms with Crippen LogP contribution >= 0.6 is 11.6 Å². The maximum absolute atomic E-state index is 13.3. The molecule has 0 spiro atoms. The number of benzene rings is 2. The number of amides is 1. The second-order valence-corrected chi connectivity index (χ2v) is 6.52. The summed E-state index contributed by atoms with van der Waals surface area (Å²) in [6.07, 6.45) is 1.51. The molecular weight excluding hydrogens is 371 g/mol. The average molecular weight is 387 g/mol. The number of carbonyl (C=O) groups is 1. The number of nitrogens with zero attached hydrogens (tertiary/aromatic N) is 3. The minimum atomic E-state index is -0.564. The van der Waals surface area contributed by atoms with Gasteiger partial charge >= 0.3 is 0 Å². The van der Waals surface area contributed by atoms with Crippen molar-refractivity contribution in [2.45, 2.75) is 0 Å². The first-order valence-electron chi connectivity index (χ1n) is 8.46. The van der Waals surface area contributed by atoms with Crippen molar-refractivity contribution in [2.24, 2.45) is 0 Å². The molecule has 0 bridgehead atoms. The van der Waals surface area contributed by atoms with Gasteiger partial charge in [-0.1, -0.05) is 11.6 Å². The zero-order chi connectivity index (χ0) is 18.8. The third-order valence-electron chi connectivity index (χ3n) is 4.37. The zero-order valence-electron chi connectivity index (χ0n) is 14.3. The summed E-state index contributed by atoms with van der Waals surface area (Å²) in [5.74, 6) is -0.0866. The topological polar surface area (TPSA) is 67.4 Å². The zero-order valence-corrected chi connectivity index (χ0v) is 15.0. The predicted octanol–water partition coefficient (Wildman–Crippen LogP) is 3.51. The van der Waals surface area contributed by atoms with Crippen molar-refractivity contribution in [2.75, 3.05) is 36.5 Å². The van der Waals surface area contributed by atoms with E-state index in [-0.39, 0.29) is 16.5 Å². The van der Waals surface area contributed by atoms with Crippen molar-refractivity contribution in [3.05, 3.63) is 59.1 Å². The van der Waals surface area contributed by atoms with Gasteiger partial charge in [0.2, 0.25) is 0 Å². The molecule has 2 heterocycles. The van der Waals surface area contributed by atoms with E-state index in [1.165, 1.54) is 24.5 Å². The lowest BCUT2D eigenvalue weighted by molar-refractivity contribution is 0.102. The molecule has 1 aliphatic heterocycles. The van der Waals surface area contributed by atoms with Gasteiger partial charge in [-0.05, 0) is 36.4 Å².